The average molecular weight is 665 g/mol. The molecule has 47 heavy (non-hydrogen) atoms. The predicted molar refractivity (Wildman–Crippen MR) is 186 cm³/mol. The maximum Gasteiger partial charge on any atom is 0.258 e. The third kappa shape index (κ3) is 9.54. The van der Waals surface area contributed by atoms with Crippen molar-refractivity contribution in [3.05, 3.63) is 83.7 Å². The number of hydrogen-bond donors (Lipinski definition) is 3. The fourth-order valence-corrected chi connectivity index (χ4v) is 7.24. The molecule has 0 aliphatic heterocycles. The number of carbonyl (C=O) groups excluding carboxylic acids is 1. The summed E-state index contributed by atoms with van der Waals surface area (Å²) in [6.45, 7) is 8.79. The third-order valence-electron chi connectivity index (χ3n) is 7.92. The summed E-state index contributed by atoms with van der Waals surface area (Å²) in [6, 6.07) is 17.2. The number of aryl methyl sites for hydroxylation is 2. The molecule has 12 heteroatoms. The second-order valence-electron chi connectivity index (χ2n) is 12.8. The maximum absolute atomic E-state index is 14.1. The minimum atomic E-state index is -4.03. The first-order valence-corrected chi connectivity index (χ1v) is 17.3. The van der Waals surface area contributed by atoms with Gasteiger partial charge in [0.1, 0.15) is 5.75 Å². The lowest BCUT2D eigenvalue weighted by Gasteiger charge is -2.31. The fraction of sp³-hybridized carbons (Fsp3) is 0.429. The Morgan fingerprint density at radius 1 is 1.04 bits per heavy atom. The summed E-state index contributed by atoms with van der Waals surface area (Å²) >= 11 is 0. The smallest absolute Gasteiger partial charge is 0.258 e. The van der Waals surface area contributed by atoms with E-state index in [-0.39, 0.29) is 30.5 Å². The molecular formula is C35H48N6O5S. The number of sulfonamides is 1. The number of hydrogen-bond acceptors (Lipinski definition) is 8. The van der Waals surface area contributed by atoms with Gasteiger partial charge in [0.2, 0.25) is 10.0 Å². The fourth-order valence-electron chi connectivity index (χ4n) is 5.60. The van der Waals surface area contributed by atoms with Gasteiger partial charge >= 0.3 is 0 Å². The number of imidazole rings is 1. The molecule has 0 unspecified atom stereocenters. The number of fused-ring (bicyclic) bond motifs is 1. The highest BCUT2D eigenvalue weighted by Crippen LogP contribution is 2.26. The molecule has 4 rings (SSSR count). The average Bonchev–Trinajstić information content (AvgIpc) is 3.41. The predicted octanol–water partition coefficient (Wildman–Crippen LogP) is 3.61. The zero-order valence-electron chi connectivity index (χ0n) is 28.2. The molecule has 0 saturated carbocycles. The van der Waals surface area contributed by atoms with Gasteiger partial charge in [0, 0.05) is 31.9 Å². The zero-order valence-corrected chi connectivity index (χ0v) is 29.0. The van der Waals surface area contributed by atoms with Gasteiger partial charge in [-0.15, -0.1) is 0 Å². The number of aromatic nitrogens is 2. The van der Waals surface area contributed by atoms with Crippen LogP contribution in [0, 0.1) is 19.8 Å². The highest BCUT2D eigenvalue weighted by Gasteiger charge is 2.32. The summed E-state index contributed by atoms with van der Waals surface area (Å²) in [5.74, 6) is 0.116. The van der Waals surface area contributed by atoms with Gasteiger partial charge in [0.15, 0.2) is 6.61 Å². The lowest BCUT2D eigenvalue weighted by molar-refractivity contribution is -0.124. The van der Waals surface area contributed by atoms with Crippen LogP contribution in [0.3, 0.4) is 0 Å². The first-order valence-electron chi connectivity index (χ1n) is 15.8. The van der Waals surface area contributed by atoms with Gasteiger partial charge in [-0.05, 0) is 87.3 Å². The summed E-state index contributed by atoms with van der Waals surface area (Å²) in [6.07, 6.45) is 0.789. The molecule has 4 N–H and O–H groups in total. The summed E-state index contributed by atoms with van der Waals surface area (Å²) in [5, 5.41) is 14.5. The number of nitrogens with zero attached hydrogens (tertiary/aromatic N) is 4. The van der Waals surface area contributed by atoms with E-state index in [0.717, 1.165) is 35.3 Å². The van der Waals surface area contributed by atoms with E-state index >= 15 is 0 Å². The van der Waals surface area contributed by atoms with Crippen molar-refractivity contribution in [1.82, 2.24) is 24.1 Å². The van der Waals surface area contributed by atoms with E-state index in [4.69, 9.17) is 10.5 Å². The second kappa shape index (κ2) is 15.7. The minimum Gasteiger partial charge on any atom is -0.483 e. The number of ether oxygens (including phenoxy) is 1. The van der Waals surface area contributed by atoms with Crippen LogP contribution in [0.2, 0.25) is 0 Å². The van der Waals surface area contributed by atoms with Gasteiger partial charge in [-0.3, -0.25) is 4.79 Å². The van der Waals surface area contributed by atoms with Crippen molar-refractivity contribution < 1.29 is 23.1 Å². The second-order valence-corrected chi connectivity index (χ2v) is 14.7. The highest BCUT2D eigenvalue weighted by molar-refractivity contribution is 7.89. The lowest BCUT2D eigenvalue weighted by atomic mass is 10.0. The number of nitrogen functional groups attached to an aromatic ring is 1. The lowest BCUT2D eigenvalue weighted by Crippen LogP contribution is -2.52. The summed E-state index contributed by atoms with van der Waals surface area (Å²) < 4.78 is 37.3. The molecule has 0 fully saturated rings. The van der Waals surface area contributed by atoms with E-state index in [0.29, 0.717) is 23.4 Å². The summed E-state index contributed by atoms with van der Waals surface area (Å²) in [4.78, 5) is 19.8. The van der Waals surface area contributed by atoms with Gasteiger partial charge in [-0.1, -0.05) is 44.2 Å². The van der Waals surface area contributed by atoms with Crippen molar-refractivity contribution in [2.24, 2.45) is 5.92 Å². The van der Waals surface area contributed by atoms with Crippen LogP contribution in [0.4, 0.5) is 5.69 Å². The van der Waals surface area contributed by atoms with Gasteiger partial charge in [-0.25, -0.2) is 13.4 Å². The number of aliphatic hydroxyl groups excluding tert-OH is 1. The largest absolute Gasteiger partial charge is 0.483 e. The van der Waals surface area contributed by atoms with Crippen LogP contribution < -0.4 is 15.8 Å². The first kappa shape index (κ1) is 35.9. The van der Waals surface area contributed by atoms with Crippen molar-refractivity contribution in [2.45, 2.75) is 57.7 Å². The minimum absolute atomic E-state index is 0.0205. The van der Waals surface area contributed by atoms with Crippen LogP contribution in [0.15, 0.2) is 71.9 Å². The molecule has 0 spiro atoms. The number of carbonyl (C=O) groups is 1. The highest BCUT2D eigenvalue weighted by atomic mass is 32.2. The van der Waals surface area contributed by atoms with E-state index in [2.05, 4.69) is 15.2 Å². The number of likely N-dealkylation sites (N-methyl/N-ethyl adjacent to an activating group) is 1. The Morgan fingerprint density at radius 2 is 1.72 bits per heavy atom. The van der Waals surface area contributed by atoms with Crippen LogP contribution in [-0.2, 0) is 27.8 Å². The van der Waals surface area contributed by atoms with E-state index in [1.165, 1.54) is 4.31 Å². The van der Waals surface area contributed by atoms with E-state index < -0.39 is 28.1 Å². The number of aliphatic hydroxyl groups is 1. The molecule has 0 aliphatic rings. The normalized spacial score (nSPS) is 13.4. The van der Waals surface area contributed by atoms with Gasteiger partial charge in [0.05, 0.1) is 34.4 Å². The topological polar surface area (TPSA) is 143 Å². The van der Waals surface area contributed by atoms with Crippen LogP contribution >= 0.6 is 0 Å². The molecule has 254 valence electrons. The van der Waals surface area contributed by atoms with Crippen molar-refractivity contribution in [2.75, 3.05) is 46.1 Å². The molecule has 0 saturated heterocycles. The monoisotopic (exact) mass is 664 g/mol. The quantitative estimate of drug-likeness (QED) is 0.154. The number of rotatable bonds is 16. The van der Waals surface area contributed by atoms with Gasteiger partial charge in [-0.2, -0.15) is 4.31 Å². The Balaban J connectivity index is 1.55. The van der Waals surface area contributed by atoms with Gasteiger partial charge in [0.25, 0.3) is 5.91 Å². The first-order chi connectivity index (χ1) is 22.2. The molecular weight excluding hydrogens is 616 g/mol. The Bertz CT molecular complexity index is 1730. The third-order valence-corrected chi connectivity index (χ3v) is 9.75. The van der Waals surface area contributed by atoms with Crippen LogP contribution in [-0.4, -0.2) is 90.7 Å². The summed E-state index contributed by atoms with van der Waals surface area (Å²) in [7, 11) is -0.0361. The molecule has 2 atom stereocenters. The van der Waals surface area contributed by atoms with Crippen molar-refractivity contribution >= 4 is 32.7 Å². The molecule has 1 heterocycles. The summed E-state index contributed by atoms with van der Waals surface area (Å²) in [5.41, 5.74) is 10.5. The van der Waals surface area contributed by atoms with E-state index in [9.17, 15) is 18.3 Å². The van der Waals surface area contributed by atoms with Crippen LogP contribution in [0.1, 0.15) is 30.5 Å². The molecule has 0 bridgehead atoms. The number of nitrogens with two attached hydrogens (primary N) is 1. The maximum atomic E-state index is 14.1. The van der Waals surface area contributed by atoms with E-state index in [1.54, 1.807) is 36.7 Å². The van der Waals surface area contributed by atoms with Crippen molar-refractivity contribution in [3.8, 4) is 5.75 Å². The Labute approximate surface area is 278 Å². The molecule has 3 aromatic carbocycles. The number of anilines is 1. The standard InChI is InChI=1S/C35H48N6O5S/c1-24(2)20-41(47(44,45)29-12-13-32-30(19-29)37-23-40(32)15-14-39(5)6)21-33(42)31(18-27-10-8-7-9-11-27)38-34(43)22-46-35-25(3)16-28(36)17-26(35)4/h7-13,16-17,19,23-24,31,33,42H,14-15,18,20-22,36H2,1-6H3,(H,38,43)/t31-,33+/m0/s1. The number of nitrogens with one attached hydrogen (secondary N) is 1. The molecule has 1 amide bonds. The molecule has 11 nitrogen and oxygen atoms in total. The van der Waals surface area contributed by atoms with E-state index in [1.807, 2.05) is 76.7 Å². The Morgan fingerprint density at radius 3 is 2.36 bits per heavy atom. The number of amides is 1. The Hall–Kier alpha value is -3.97. The zero-order chi connectivity index (χ0) is 34.3. The number of benzene rings is 3. The molecule has 0 radical (unpaired) electrons. The van der Waals surface area contributed by atoms with Crippen LogP contribution in [0.25, 0.3) is 11.0 Å². The molecule has 0 aliphatic carbocycles. The van der Waals surface area contributed by atoms with Crippen molar-refractivity contribution in [3.63, 3.8) is 0 Å². The van der Waals surface area contributed by atoms with Crippen LogP contribution in [0.5, 0.6) is 5.75 Å². The Kier molecular flexibility index (Phi) is 12.0. The molecule has 1 aromatic heterocycles. The molecule has 4 aromatic rings. The van der Waals surface area contributed by atoms with Crippen molar-refractivity contribution in [1.29, 1.82) is 0 Å². The SMILES string of the molecule is Cc1cc(N)cc(C)c1OCC(=O)N[C@@H](Cc1ccccc1)[C@H](O)CN(CC(C)C)S(=O)(=O)c1ccc2c(c1)ncn2CCN(C)C. The van der Waals surface area contributed by atoms with Gasteiger partial charge < -0.3 is 30.4 Å².